The summed E-state index contributed by atoms with van der Waals surface area (Å²) in [5.74, 6) is 1.67. The molecular weight excluding hydrogens is 292 g/mol. The summed E-state index contributed by atoms with van der Waals surface area (Å²) in [6, 6.07) is 0. The fraction of sp³-hybridized carbons (Fsp3) is 0.500. The van der Waals surface area contributed by atoms with E-state index >= 15 is 0 Å². The van der Waals surface area contributed by atoms with Crippen LogP contribution < -0.4 is 4.90 Å². The molecule has 1 saturated carbocycles. The molecule has 2 unspecified atom stereocenters. The molecule has 2 aromatic heterocycles. The fourth-order valence-corrected chi connectivity index (χ4v) is 3.31. The molecule has 4 rings (SSSR count). The lowest BCUT2D eigenvalue weighted by Gasteiger charge is -2.35. The molecule has 2 aliphatic rings. The van der Waals surface area contributed by atoms with Gasteiger partial charge < -0.3 is 9.80 Å². The summed E-state index contributed by atoms with van der Waals surface area (Å²) in [6.45, 7) is 3.14. The molecule has 0 N–H and O–H groups in total. The summed E-state index contributed by atoms with van der Waals surface area (Å²) in [4.78, 5) is 25.3. The Labute approximate surface area is 134 Å². The van der Waals surface area contributed by atoms with Crippen LogP contribution in [-0.4, -0.2) is 56.7 Å². The van der Waals surface area contributed by atoms with Gasteiger partial charge in [-0.2, -0.15) is 5.10 Å². The number of piperazine rings is 1. The van der Waals surface area contributed by atoms with Gasteiger partial charge in [-0.05, 0) is 17.9 Å². The summed E-state index contributed by atoms with van der Waals surface area (Å²) < 4.78 is 1.80. The summed E-state index contributed by atoms with van der Waals surface area (Å²) in [6.07, 6.45) is 10.0. The standard InChI is InChI=1S/C16H20N6O/c1-20-11-12(9-19-20)13-8-14(13)16(23)22-6-4-21(5-7-22)15-10-17-2-3-18-15/h2-3,9-11,13-14H,4-8H2,1H3. The van der Waals surface area contributed by atoms with Crippen LogP contribution in [0.4, 0.5) is 5.82 Å². The summed E-state index contributed by atoms with van der Waals surface area (Å²) in [5, 5.41) is 4.20. The van der Waals surface area contributed by atoms with Crippen molar-refractivity contribution in [3.8, 4) is 0 Å². The van der Waals surface area contributed by atoms with Gasteiger partial charge in [0.15, 0.2) is 0 Å². The van der Waals surface area contributed by atoms with E-state index in [9.17, 15) is 4.79 Å². The van der Waals surface area contributed by atoms with Gasteiger partial charge in [0.05, 0.1) is 12.4 Å². The Morgan fingerprint density at radius 3 is 2.65 bits per heavy atom. The van der Waals surface area contributed by atoms with E-state index in [2.05, 4.69) is 20.0 Å². The van der Waals surface area contributed by atoms with Crippen LogP contribution in [0.3, 0.4) is 0 Å². The molecule has 3 heterocycles. The third kappa shape index (κ3) is 2.78. The van der Waals surface area contributed by atoms with E-state index in [-0.39, 0.29) is 11.8 Å². The summed E-state index contributed by atoms with van der Waals surface area (Å²) in [5.41, 5.74) is 1.18. The maximum absolute atomic E-state index is 12.6. The van der Waals surface area contributed by atoms with Crippen LogP contribution >= 0.6 is 0 Å². The fourth-order valence-electron chi connectivity index (χ4n) is 3.31. The topological polar surface area (TPSA) is 67.2 Å². The summed E-state index contributed by atoms with van der Waals surface area (Å²) >= 11 is 0. The Bertz CT molecular complexity index is 692. The van der Waals surface area contributed by atoms with E-state index in [1.54, 1.807) is 23.3 Å². The molecule has 0 spiro atoms. The number of carbonyl (C=O) groups is 1. The highest BCUT2D eigenvalue weighted by atomic mass is 16.2. The molecule has 1 aliphatic heterocycles. The average molecular weight is 312 g/mol. The molecular formula is C16H20N6O. The Kier molecular flexibility index (Phi) is 3.48. The van der Waals surface area contributed by atoms with Crippen LogP contribution in [0.25, 0.3) is 0 Å². The molecule has 7 heteroatoms. The average Bonchev–Trinajstić information content (AvgIpc) is 3.29. The highest BCUT2D eigenvalue weighted by Gasteiger charge is 2.46. The monoisotopic (exact) mass is 312 g/mol. The Balaban J connectivity index is 1.33. The number of hydrogen-bond donors (Lipinski definition) is 0. The Morgan fingerprint density at radius 1 is 1.17 bits per heavy atom. The smallest absolute Gasteiger partial charge is 0.226 e. The van der Waals surface area contributed by atoms with Crippen molar-refractivity contribution in [1.82, 2.24) is 24.6 Å². The first-order chi connectivity index (χ1) is 11.2. The van der Waals surface area contributed by atoms with Crippen LogP contribution in [0.1, 0.15) is 17.9 Å². The highest BCUT2D eigenvalue weighted by Crippen LogP contribution is 2.48. The quantitative estimate of drug-likeness (QED) is 0.833. The van der Waals surface area contributed by atoms with Gasteiger partial charge in [0.2, 0.25) is 5.91 Å². The first-order valence-corrected chi connectivity index (χ1v) is 8.00. The molecule has 1 saturated heterocycles. The van der Waals surface area contributed by atoms with Crippen molar-refractivity contribution in [2.45, 2.75) is 12.3 Å². The normalized spacial score (nSPS) is 23.9. The van der Waals surface area contributed by atoms with E-state index in [4.69, 9.17) is 0 Å². The Morgan fingerprint density at radius 2 is 2.00 bits per heavy atom. The zero-order valence-electron chi connectivity index (χ0n) is 13.2. The number of aryl methyl sites for hydroxylation is 1. The van der Waals surface area contributed by atoms with Crippen molar-refractivity contribution >= 4 is 11.7 Å². The molecule has 2 aromatic rings. The molecule has 7 nitrogen and oxygen atoms in total. The van der Waals surface area contributed by atoms with Gasteiger partial charge in [-0.1, -0.05) is 0 Å². The van der Waals surface area contributed by atoms with E-state index in [0.29, 0.717) is 5.92 Å². The van der Waals surface area contributed by atoms with Crippen LogP contribution in [-0.2, 0) is 11.8 Å². The maximum atomic E-state index is 12.6. The predicted octanol–water partition coefficient (Wildman–Crippen LogP) is 0.662. The molecule has 0 bridgehead atoms. The lowest BCUT2D eigenvalue weighted by atomic mass is 10.1. The molecule has 23 heavy (non-hydrogen) atoms. The van der Waals surface area contributed by atoms with Crippen LogP contribution in [0.2, 0.25) is 0 Å². The number of aromatic nitrogens is 4. The number of nitrogens with zero attached hydrogens (tertiary/aromatic N) is 6. The number of anilines is 1. The van der Waals surface area contributed by atoms with Gasteiger partial charge in [0, 0.05) is 57.7 Å². The van der Waals surface area contributed by atoms with Crippen molar-refractivity contribution in [2.75, 3.05) is 31.1 Å². The molecule has 2 fully saturated rings. The van der Waals surface area contributed by atoms with Crippen molar-refractivity contribution in [1.29, 1.82) is 0 Å². The lowest BCUT2D eigenvalue weighted by Crippen LogP contribution is -2.49. The molecule has 1 amide bonds. The highest BCUT2D eigenvalue weighted by molar-refractivity contribution is 5.83. The van der Waals surface area contributed by atoms with Gasteiger partial charge in [0.25, 0.3) is 0 Å². The second-order valence-electron chi connectivity index (χ2n) is 6.27. The maximum Gasteiger partial charge on any atom is 0.226 e. The minimum Gasteiger partial charge on any atom is -0.352 e. The van der Waals surface area contributed by atoms with Gasteiger partial charge in [0.1, 0.15) is 5.82 Å². The zero-order chi connectivity index (χ0) is 15.8. The van der Waals surface area contributed by atoms with Crippen molar-refractivity contribution in [3.05, 3.63) is 36.5 Å². The van der Waals surface area contributed by atoms with Gasteiger partial charge in [-0.15, -0.1) is 0 Å². The molecule has 0 aromatic carbocycles. The van der Waals surface area contributed by atoms with Crippen LogP contribution in [0.5, 0.6) is 0 Å². The van der Waals surface area contributed by atoms with E-state index < -0.39 is 0 Å². The third-order valence-corrected chi connectivity index (χ3v) is 4.73. The second-order valence-corrected chi connectivity index (χ2v) is 6.27. The first kappa shape index (κ1) is 14.2. The van der Waals surface area contributed by atoms with E-state index in [1.807, 2.05) is 24.3 Å². The molecule has 0 radical (unpaired) electrons. The second kappa shape index (κ2) is 5.64. The van der Waals surface area contributed by atoms with E-state index in [0.717, 1.165) is 38.4 Å². The third-order valence-electron chi connectivity index (χ3n) is 4.73. The zero-order valence-corrected chi connectivity index (χ0v) is 13.2. The molecule has 2 atom stereocenters. The first-order valence-electron chi connectivity index (χ1n) is 8.00. The minimum atomic E-state index is 0.141. The van der Waals surface area contributed by atoms with Crippen molar-refractivity contribution in [2.24, 2.45) is 13.0 Å². The van der Waals surface area contributed by atoms with Crippen LogP contribution in [0, 0.1) is 5.92 Å². The van der Waals surface area contributed by atoms with Gasteiger partial charge in [-0.3, -0.25) is 14.5 Å². The predicted molar refractivity (Wildman–Crippen MR) is 84.9 cm³/mol. The number of rotatable bonds is 3. The number of hydrogen-bond acceptors (Lipinski definition) is 5. The van der Waals surface area contributed by atoms with E-state index in [1.165, 1.54) is 5.56 Å². The SMILES string of the molecule is Cn1cc(C2CC2C(=O)N2CCN(c3cnccn3)CC2)cn1. The van der Waals surface area contributed by atoms with Crippen molar-refractivity contribution in [3.63, 3.8) is 0 Å². The van der Waals surface area contributed by atoms with Crippen LogP contribution in [0.15, 0.2) is 31.0 Å². The largest absolute Gasteiger partial charge is 0.352 e. The lowest BCUT2D eigenvalue weighted by molar-refractivity contribution is -0.133. The molecule has 120 valence electrons. The van der Waals surface area contributed by atoms with Gasteiger partial charge >= 0.3 is 0 Å². The number of amides is 1. The molecule has 1 aliphatic carbocycles. The Hall–Kier alpha value is -2.44. The van der Waals surface area contributed by atoms with Crippen molar-refractivity contribution < 1.29 is 4.79 Å². The number of carbonyl (C=O) groups excluding carboxylic acids is 1. The summed E-state index contributed by atoms with van der Waals surface area (Å²) in [7, 11) is 1.91. The minimum absolute atomic E-state index is 0.141. The van der Waals surface area contributed by atoms with Gasteiger partial charge in [-0.25, -0.2) is 4.98 Å².